The van der Waals surface area contributed by atoms with Gasteiger partial charge in [0.15, 0.2) is 0 Å². The summed E-state index contributed by atoms with van der Waals surface area (Å²) in [5.41, 5.74) is 1.63. The summed E-state index contributed by atoms with van der Waals surface area (Å²) in [4.78, 5) is 22.4. The summed E-state index contributed by atoms with van der Waals surface area (Å²) >= 11 is 0. The van der Waals surface area contributed by atoms with Gasteiger partial charge in [0.05, 0.1) is 23.7 Å². The first kappa shape index (κ1) is 17.7. The smallest absolute Gasteiger partial charge is 0.415 e. The van der Waals surface area contributed by atoms with Gasteiger partial charge in [0, 0.05) is 6.20 Å². The summed E-state index contributed by atoms with van der Waals surface area (Å²) < 4.78 is 5.19. The standard InChI is InChI=1S/C19H21N5O2/c1-12(2)16-11-26-19(25)24(16)17-8-9-21-18(23-17)22-13(3)15-6-4-14(10-20)5-7-15/h4-9,12-13,16H,11H2,1-3H3,(H,21,22,23)/t13-,16?/m0/s1. The fraction of sp³-hybridized carbons (Fsp3) is 0.368. The molecule has 1 amide bonds. The lowest BCUT2D eigenvalue weighted by Gasteiger charge is -2.23. The zero-order valence-corrected chi connectivity index (χ0v) is 15.0. The fourth-order valence-electron chi connectivity index (χ4n) is 2.87. The van der Waals surface area contributed by atoms with E-state index < -0.39 is 0 Å². The van der Waals surface area contributed by atoms with Crippen molar-refractivity contribution in [2.45, 2.75) is 32.9 Å². The third kappa shape index (κ3) is 3.59. The van der Waals surface area contributed by atoms with Crippen LogP contribution in [0, 0.1) is 17.2 Å². The van der Waals surface area contributed by atoms with Crippen LogP contribution < -0.4 is 10.2 Å². The van der Waals surface area contributed by atoms with E-state index >= 15 is 0 Å². The SMILES string of the molecule is CC(C)C1COC(=O)N1c1ccnc(N[C@@H](C)c2ccc(C#N)cc2)n1. The van der Waals surface area contributed by atoms with E-state index in [1.54, 1.807) is 29.3 Å². The molecule has 1 N–H and O–H groups in total. The Balaban J connectivity index is 1.78. The molecule has 1 aliphatic rings. The minimum Gasteiger partial charge on any atom is -0.447 e. The van der Waals surface area contributed by atoms with Crippen molar-refractivity contribution in [1.29, 1.82) is 5.26 Å². The van der Waals surface area contributed by atoms with E-state index in [9.17, 15) is 4.79 Å². The van der Waals surface area contributed by atoms with Gasteiger partial charge in [0.2, 0.25) is 5.95 Å². The number of carbonyl (C=O) groups excluding carboxylic acids is 1. The maximum absolute atomic E-state index is 12.1. The zero-order chi connectivity index (χ0) is 18.7. The molecule has 26 heavy (non-hydrogen) atoms. The molecule has 0 aliphatic carbocycles. The number of nitrogens with zero attached hydrogens (tertiary/aromatic N) is 4. The summed E-state index contributed by atoms with van der Waals surface area (Å²) in [6.45, 7) is 6.45. The molecule has 1 aromatic heterocycles. The number of amides is 1. The molecule has 0 bridgehead atoms. The van der Waals surface area contributed by atoms with Gasteiger partial charge < -0.3 is 10.1 Å². The second-order valence-electron chi connectivity index (χ2n) is 6.60. The molecule has 0 radical (unpaired) electrons. The van der Waals surface area contributed by atoms with Crippen molar-refractivity contribution in [3.05, 3.63) is 47.7 Å². The zero-order valence-electron chi connectivity index (χ0n) is 15.0. The lowest BCUT2D eigenvalue weighted by molar-refractivity contribution is 0.177. The second-order valence-corrected chi connectivity index (χ2v) is 6.60. The number of hydrogen-bond acceptors (Lipinski definition) is 6. The van der Waals surface area contributed by atoms with Crippen molar-refractivity contribution in [1.82, 2.24) is 9.97 Å². The normalized spacial score (nSPS) is 17.7. The number of anilines is 2. The highest BCUT2D eigenvalue weighted by atomic mass is 16.6. The molecule has 3 rings (SSSR count). The van der Waals surface area contributed by atoms with Crippen molar-refractivity contribution in [2.24, 2.45) is 5.92 Å². The largest absolute Gasteiger partial charge is 0.447 e. The molecule has 1 saturated heterocycles. The van der Waals surface area contributed by atoms with Gasteiger partial charge in [0.25, 0.3) is 0 Å². The van der Waals surface area contributed by atoms with Crippen LogP contribution in [-0.2, 0) is 4.74 Å². The molecule has 1 aromatic carbocycles. The minimum atomic E-state index is -0.381. The van der Waals surface area contributed by atoms with E-state index in [4.69, 9.17) is 10.00 Å². The van der Waals surface area contributed by atoms with Crippen molar-refractivity contribution in [2.75, 3.05) is 16.8 Å². The Morgan fingerprint density at radius 2 is 2.00 bits per heavy atom. The van der Waals surface area contributed by atoms with E-state index in [0.29, 0.717) is 23.9 Å². The number of hydrogen-bond donors (Lipinski definition) is 1. The molecule has 2 heterocycles. The summed E-state index contributed by atoms with van der Waals surface area (Å²) in [7, 11) is 0. The van der Waals surface area contributed by atoms with Crippen LogP contribution in [-0.4, -0.2) is 28.7 Å². The van der Waals surface area contributed by atoms with E-state index in [2.05, 4.69) is 21.4 Å². The van der Waals surface area contributed by atoms with Crippen molar-refractivity contribution >= 4 is 17.9 Å². The third-order valence-corrected chi connectivity index (χ3v) is 4.45. The van der Waals surface area contributed by atoms with Gasteiger partial charge in [-0.25, -0.2) is 9.78 Å². The summed E-state index contributed by atoms with van der Waals surface area (Å²) in [5, 5.41) is 12.1. The number of aromatic nitrogens is 2. The van der Waals surface area contributed by atoms with Gasteiger partial charge in [0.1, 0.15) is 12.4 Å². The first-order valence-corrected chi connectivity index (χ1v) is 8.55. The quantitative estimate of drug-likeness (QED) is 0.886. The topological polar surface area (TPSA) is 91.1 Å². The lowest BCUT2D eigenvalue weighted by Crippen LogP contribution is -2.37. The van der Waals surface area contributed by atoms with Crippen LogP contribution in [0.2, 0.25) is 0 Å². The van der Waals surface area contributed by atoms with Crippen molar-refractivity contribution in [3.8, 4) is 6.07 Å². The molecule has 0 spiro atoms. The van der Waals surface area contributed by atoms with E-state index in [-0.39, 0.29) is 24.1 Å². The Kier molecular flexibility index (Phi) is 5.03. The summed E-state index contributed by atoms with van der Waals surface area (Å²) in [6, 6.07) is 11.1. The molecule has 1 fully saturated rings. The Bertz CT molecular complexity index is 829. The minimum absolute atomic E-state index is 0.0406. The Labute approximate surface area is 152 Å². The van der Waals surface area contributed by atoms with Gasteiger partial charge in [-0.1, -0.05) is 26.0 Å². The maximum Gasteiger partial charge on any atom is 0.415 e. The van der Waals surface area contributed by atoms with Crippen LogP contribution in [0.3, 0.4) is 0 Å². The van der Waals surface area contributed by atoms with Crippen molar-refractivity contribution in [3.63, 3.8) is 0 Å². The monoisotopic (exact) mass is 351 g/mol. The number of rotatable bonds is 5. The summed E-state index contributed by atoms with van der Waals surface area (Å²) in [6.07, 6.45) is 1.24. The predicted molar refractivity (Wildman–Crippen MR) is 97.7 cm³/mol. The predicted octanol–water partition coefficient (Wildman–Crippen LogP) is 3.50. The van der Waals surface area contributed by atoms with E-state index in [1.807, 2.05) is 32.9 Å². The molecule has 1 aliphatic heterocycles. The van der Waals surface area contributed by atoms with E-state index in [0.717, 1.165) is 5.56 Å². The lowest BCUT2D eigenvalue weighted by atomic mass is 10.0. The average Bonchev–Trinajstić information content (AvgIpc) is 3.04. The Morgan fingerprint density at radius 1 is 1.27 bits per heavy atom. The number of carbonyl (C=O) groups is 1. The van der Waals surface area contributed by atoms with Gasteiger partial charge in [-0.3, -0.25) is 4.90 Å². The molecule has 0 saturated carbocycles. The second kappa shape index (κ2) is 7.40. The van der Waals surface area contributed by atoms with Crippen LogP contribution in [0.15, 0.2) is 36.5 Å². The molecule has 7 nitrogen and oxygen atoms in total. The van der Waals surface area contributed by atoms with E-state index in [1.165, 1.54) is 0 Å². The van der Waals surface area contributed by atoms with Crippen LogP contribution in [0.1, 0.15) is 37.9 Å². The molecule has 134 valence electrons. The van der Waals surface area contributed by atoms with Crippen molar-refractivity contribution < 1.29 is 9.53 Å². The highest BCUT2D eigenvalue weighted by Crippen LogP contribution is 2.26. The molecular formula is C19H21N5O2. The first-order chi connectivity index (χ1) is 12.5. The van der Waals surface area contributed by atoms with Gasteiger partial charge in [-0.05, 0) is 36.6 Å². The van der Waals surface area contributed by atoms with Gasteiger partial charge in [-0.15, -0.1) is 0 Å². The van der Waals surface area contributed by atoms with Gasteiger partial charge >= 0.3 is 6.09 Å². The first-order valence-electron chi connectivity index (χ1n) is 8.55. The Hall–Kier alpha value is -3.14. The van der Waals surface area contributed by atoms with Crippen LogP contribution in [0.5, 0.6) is 0 Å². The number of nitrogens with one attached hydrogen (secondary N) is 1. The van der Waals surface area contributed by atoms with Gasteiger partial charge in [-0.2, -0.15) is 10.2 Å². The Morgan fingerprint density at radius 3 is 2.65 bits per heavy atom. The maximum atomic E-state index is 12.1. The third-order valence-electron chi connectivity index (χ3n) is 4.45. The molecule has 2 aromatic rings. The van der Waals surface area contributed by atoms with Crippen LogP contribution in [0.4, 0.5) is 16.6 Å². The number of nitriles is 1. The average molecular weight is 351 g/mol. The number of cyclic esters (lactones) is 1. The highest BCUT2D eigenvalue weighted by Gasteiger charge is 2.37. The molecule has 2 atom stereocenters. The van der Waals surface area contributed by atoms with Crippen LogP contribution >= 0.6 is 0 Å². The fourth-order valence-corrected chi connectivity index (χ4v) is 2.87. The molecule has 7 heteroatoms. The molecule has 1 unspecified atom stereocenters. The highest BCUT2D eigenvalue weighted by molar-refractivity contribution is 5.89. The number of ether oxygens (including phenoxy) is 1. The van der Waals surface area contributed by atoms with Crippen LogP contribution in [0.25, 0.3) is 0 Å². The summed E-state index contributed by atoms with van der Waals surface area (Å²) in [5.74, 6) is 1.21. The molecular weight excluding hydrogens is 330 g/mol. The number of benzene rings is 1.